The van der Waals surface area contributed by atoms with E-state index in [-0.39, 0.29) is 23.5 Å². The van der Waals surface area contributed by atoms with E-state index in [1.54, 1.807) is 0 Å². The van der Waals surface area contributed by atoms with Crippen LogP contribution in [0.4, 0.5) is 23.5 Å². The summed E-state index contributed by atoms with van der Waals surface area (Å²) in [6.07, 6.45) is 7.24. The molecular weight excluding hydrogens is 367 g/mol. The lowest BCUT2D eigenvalue weighted by atomic mass is 9.87. The minimum atomic E-state index is 0. The topological polar surface area (TPSA) is 0 Å². The average Bonchev–Trinajstić information content (AvgIpc) is 2.57. The number of allylic oxidation sites excluding steroid dienone is 2. The number of hydrogen-bond acceptors (Lipinski definition) is 1. The molecule has 26 heavy (non-hydrogen) atoms. The number of hydrogen-bond donors (Lipinski definition) is 0. The summed E-state index contributed by atoms with van der Waals surface area (Å²) in [5, 5.41) is 0. The molecule has 0 fully saturated rings. The van der Waals surface area contributed by atoms with Gasteiger partial charge in [0.1, 0.15) is 0 Å². The second-order valence-corrected chi connectivity index (χ2v) is 6.85. The highest BCUT2D eigenvalue weighted by Crippen LogP contribution is 2.38. The maximum Gasteiger partial charge on any atom is 0.0118 e. The average molecular weight is 394 g/mol. The van der Waals surface area contributed by atoms with Gasteiger partial charge in [0.25, 0.3) is 0 Å². The summed E-state index contributed by atoms with van der Waals surface area (Å²) in [5.41, 5.74) is 2.94. The van der Waals surface area contributed by atoms with Crippen molar-refractivity contribution in [1.82, 2.24) is 0 Å². The third-order valence-corrected chi connectivity index (χ3v) is 5.36. The van der Waals surface area contributed by atoms with E-state index in [0.717, 1.165) is 6.42 Å². The molecule has 0 aliphatic heterocycles. The van der Waals surface area contributed by atoms with Crippen LogP contribution in [0.3, 0.4) is 0 Å². The van der Waals surface area contributed by atoms with Crippen LogP contribution >= 0.6 is 11.8 Å². The van der Waals surface area contributed by atoms with Crippen LogP contribution in [0.15, 0.2) is 70.5 Å². The smallest absolute Gasteiger partial charge is 0.0118 e. The van der Waals surface area contributed by atoms with Crippen molar-refractivity contribution in [2.45, 2.75) is 43.4 Å². The molecule has 148 valence electrons. The molecule has 0 amide bonds. The van der Waals surface area contributed by atoms with E-state index in [9.17, 15) is 0 Å². The molecule has 0 heterocycles. The number of thioether (sulfide) groups is 1. The maximum atomic E-state index is 2.44. The fraction of sp³-hybridized carbons (Fsp3) is 0.300. The second kappa shape index (κ2) is 14.4. The van der Waals surface area contributed by atoms with Gasteiger partial charge in [-0.15, -0.1) is 0 Å². The first-order chi connectivity index (χ1) is 10.3. The Morgan fingerprint density at radius 3 is 1.96 bits per heavy atom. The predicted molar refractivity (Wildman–Crippen MR) is 105 cm³/mol. The van der Waals surface area contributed by atoms with E-state index < -0.39 is 0 Å². The molecular formula is C20H27F5S. The molecule has 0 N–H and O–H groups in total. The predicted octanol–water partition coefficient (Wildman–Crippen LogP) is 6.96. The van der Waals surface area contributed by atoms with Crippen LogP contribution in [0.2, 0.25) is 0 Å². The lowest BCUT2D eigenvalue weighted by Crippen LogP contribution is -2.03. The van der Waals surface area contributed by atoms with Crippen LogP contribution in [0, 0.1) is 0 Å². The molecule has 0 radical (unpaired) electrons. The van der Waals surface area contributed by atoms with Crippen molar-refractivity contribution >= 4 is 11.8 Å². The summed E-state index contributed by atoms with van der Waals surface area (Å²) in [6, 6.07) is 19.9. The van der Waals surface area contributed by atoms with E-state index >= 15 is 0 Å². The van der Waals surface area contributed by atoms with Crippen LogP contribution < -0.4 is 0 Å². The van der Waals surface area contributed by atoms with E-state index in [1.165, 1.54) is 40.2 Å². The Hall–Kier alpha value is -1.82. The zero-order chi connectivity index (χ0) is 14.5. The highest BCUT2D eigenvalue weighted by atomic mass is 32.2. The molecule has 1 aliphatic rings. The number of aryl methyl sites for hydroxylation is 1. The lowest BCUT2D eigenvalue weighted by Gasteiger charge is -2.22. The summed E-state index contributed by atoms with van der Waals surface area (Å²) < 4.78 is 0. The SMILES string of the molecule is CCc1ccc(C2CC=C(Sc3ccccc3)CC2)cc1.F.F.F.F.F. The van der Waals surface area contributed by atoms with Crippen molar-refractivity contribution in [3.05, 3.63) is 76.7 Å². The van der Waals surface area contributed by atoms with Crippen molar-refractivity contribution in [2.75, 3.05) is 0 Å². The third-order valence-electron chi connectivity index (χ3n) is 4.22. The summed E-state index contributed by atoms with van der Waals surface area (Å²) in [4.78, 5) is 2.89. The summed E-state index contributed by atoms with van der Waals surface area (Å²) in [7, 11) is 0. The molecule has 0 bridgehead atoms. The van der Waals surface area contributed by atoms with Crippen LogP contribution in [-0.2, 0) is 6.42 Å². The van der Waals surface area contributed by atoms with E-state index in [4.69, 9.17) is 0 Å². The molecule has 1 unspecified atom stereocenters. The van der Waals surface area contributed by atoms with E-state index in [2.05, 4.69) is 67.6 Å². The van der Waals surface area contributed by atoms with Crippen LogP contribution in [0.5, 0.6) is 0 Å². The highest BCUT2D eigenvalue weighted by Gasteiger charge is 2.16. The Morgan fingerprint density at radius 2 is 1.46 bits per heavy atom. The minimum Gasteiger partial charge on any atom is -0.269 e. The first kappa shape index (κ1) is 29.0. The van der Waals surface area contributed by atoms with Gasteiger partial charge >= 0.3 is 0 Å². The van der Waals surface area contributed by atoms with Gasteiger partial charge in [0.05, 0.1) is 0 Å². The molecule has 2 aromatic rings. The fourth-order valence-corrected chi connectivity index (χ4v) is 3.87. The molecule has 0 aromatic heterocycles. The van der Waals surface area contributed by atoms with Gasteiger partial charge in [-0.25, -0.2) is 0 Å². The monoisotopic (exact) mass is 394 g/mol. The summed E-state index contributed by atoms with van der Waals surface area (Å²) in [5.74, 6) is 0.705. The minimum absolute atomic E-state index is 0. The van der Waals surface area contributed by atoms with Crippen LogP contribution in [-0.4, -0.2) is 0 Å². The molecule has 0 spiro atoms. The Balaban J connectivity index is -0.00000106. The Labute approximate surface area is 155 Å². The summed E-state index contributed by atoms with van der Waals surface area (Å²) >= 11 is 1.93. The molecule has 1 atom stereocenters. The maximum absolute atomic E-state index is 2.44. The Bertz CT molecular complexity index is 614. The van der Waals surface area contributed by atoms with Crippen molar-refractivity contribution in [3.63, 3.8) is 0 Å². The lowest BCUT2D eigenvalue weighted by molar-refractivity contribution is 0.612. The fourth-order valence-electron chi connectivity index (χ4n) is 2.87. The highest BCUT2D eigenvalue weighted by molar-refractivity contribution is 8.03. The van der Waals surface area contributed by atoms with Gasteiger partial charge in [-0.2, -0.15) is 0 Å². The van der Waals surface area contributed by atoms with Crippen molar-refractivity contribution in [1.29, 1.82) is 0 Å². The van der Waals surface area contributed by atoms with Crippen LogP contribution in [0.1, 0.15) is 43.2 Å². The number of rotatable bonds is 4. The standard InChI is InChI=1S/C20H22S.5FH/c1-2-16-8-10-17(11-9-16)18-12-14-20(15-13-18)21-19-6-4-3-5-7-19;;;;;/h3-11,14,18H,2,12-13,15H2,1H3;5*1H. The van der Waals surface area contributed by atoms with Gasteiger partial charge < -0.3 is 0 Å². The van der Waals surface area contributed by atoms with Crippen molar-refractivity contribution in [3.8, 4) is 0 Å². The number of halogens is 5. The van der Waals surface area contributed by atoms with Crippen LogP contribution in [0.25, 0.3) is 0 Å². The van der Waals surface area contributed by atoms with E-state index in [0.29, 0.717) is 5.92 Å². The van der Waals surface area contributed by atoms with Gasteiger partial charge in [0.15, 0.2) is 0 Å². The van der Waals surface area contributed by atoms with Gasteiger partial charge in [0.2, 0.25) is 0 Å². The first-order valence-corrected chi connectivity index (χ1v) is 8.67. The largest absolute Gasteiger partial charge is 0.269 e. The molecule has 6 heteroatoms. The van der Waals surface area contributed by atoms with Gasteiger partial charge in [-0.05, 0) is 59.8 Å². The third kappa shape index (κ3) is 7.60. The second-order valence-electron chi connectivity index (χ2n) is 5.65. The molecule has 0 saturated carbocycles. The normalized spacial score (nSPS) is 14.8. The Morgan fingerprint density at radius 1 is 0.846 bits per heavy atom. The van der Waals surface area contributed by atoms with E-state index in [1.807, 2.05) is 11.8 Å². The van der Waals surface area contributed by atoms with Gasteiger partial charge in [-0.3, -0.25) is 23.5 Å². The van der Waals surface area contributed by atoms with Gasteiger partial charge in [-0.1, -0.05) is 67.2 Å². The molecule has 0 saturated heterocycles. The zero-order valence-corrected chi connectivity index (χ0v) is 15.4. The van der Waals surface area contributed by atoms with Crippen molar-refractivity contribution in [2.24, 2.45) is 0 Å². The van der Waals surface area contributed by atoms with Crippen molar-refractivity contribution < 1.29 is 23.5 Å². The number of benzene rings is 2. The zero-order valence-electron chi connectivity index (χ0n) is 14.6. The first-order valence-electron chi connectivity index (χ1n) is 7.86. The summed E-state index contributed by atoms with van der Waals surface area (Å²) in [6.45, 7) is 2.21. The Kier molecular flexibility index (Phi) is 16.0. The molecule has 3 rings (SSSR count). The quantitative estimate of drug-likeness (QED) is 0.505. The molecule has 0 nitrogen and oxygen atoms in total. The molecule has 1 aliphatic carbocycles. The van der Waals surface area contributed by atoms with Gasteiger partial charge in [0, 0.05) is 4.90 Å². The molecule has 2 aromatic carbocycles.